The Morgan fingerprint density at radius 2 is 1.84 bits per heavy atom. The van der Waals surface area contributed by atoms with E-state index < -0.39 is 11.9 Å². The van der Waals surface area contributed by atoms with Crippen molar-refractivity contribution in [3.8, 4) is 11.8 Å². The van der Waals surface area contributed by atoms with Crippen LogP contribution in [0.4, 0.5) is 5.69 Å². The predicted octanol–water partition coefficient (Wildman–Crippen LogP) is 3.35. The Balaban J connectivity index is 1.92. The summed E-state index contributed by atoms with van der Waals surface area (Å²) in [5.74, 6) is -1.36. The summed E-state index contributed by atoms with van der Waals surface area (Å²) in [4.78, 5) is 25.0. The molecule has 1 unspecified atom stereocenters. The first-order chi connectivity index (χ1) is 15.5. The fourth-order valence-electron chi connectivity index (χ4n) is 3.38. The topological polar surface area (TPSA) is 124 Å². The van der Waals surface area contributed by atoms with Crippen molar-refractivity contribution in [1.82, 2.24) is 0 Å². The molecule has 8 heteroatoms. The third-order valence-electron chi connectivity index (χ3n) is 4.75. The molecule has 1 aliphatic heterocycles. The zero-order valence-electron chi connectivity index (χ0n) is 17.8. The highest BCUT2D eigenvalue weighted by atomic mass is 16.5. The Morgan fingerprint density at radius 1 is 1.16 bits per heavy atom. The summed E-state index contributed by atoms with van der Waals surface area (Å²) in [5.41, 5.74) is 7.29. The fraction of sp³-hybridized carbons (Fsp3) is 0.208. The number of rotatable bonds is 7. The maximum Gasteiger partial charge on any atom is 0.338 e. The standard InChI is InChI=1S/C24H23N3O5/c1-3-30-24(29)21-15(2)32-23(26)18(13-25)22(21)17-11-7-8-12-19(17)31-14-20(28)27-16-9-5-4-6-10-16/h4-12,22H,3,14,26H2,1-2H3,(H,27,28). The minimum atomic E-state index is -0.860. The molecule has 0 fully saturated rings. The number of nitrogens with two attached hydrogens (primary N) is 1. The monoisotopic (exact) mass is 433 g/mol. The second-order valence-corrected chi connectivity index (χ2v) is 6.86. The number of para-hydroxylation sites is 2. The van der Waals surface area contributed by atoms with E-state index in [2.05, 4.69) is 5.32 Å². The Morgan fingerprint density at radius 3 is 2.53 bits per heavy atom. The van der Waals surface area contributed by atoms with E-state index in [0.29, 0.717) is 17.0 Å². The van der Waals surface area contributed by atoms with Crippen LogP contribution in [0.25, 0.3) is 0 Å². The predicted molar refractivity (Wildman–Crippen MR) is 117 cm³/mol. The molecule has 3 N–H and O–H groups in total. The van der Waals surface area contributed by atoms with Gasteiger partial charge in [0.2, 0.25) is 5.88 Å². The van der Waals surface area contributed by atoms with Gasteiger partial charge in [0, 0.05) is 11.3 Å². The number of anilines is 1. The van der Waals surface area contributed by atoms with Gasteiger partial charge in [-0.1, -0.05) is 36.4 Å². The second-order valence-electron chi connectivity index (χ2n) is 6.86. The molecule has 0 aliphatic carbocycles. The molecule has 0 saturated carbocycles. The molecule has 1 aliphatic rings. The Labute approximate surface area is 185 Å². The number of benzene rings is 2. The van der Waals surface area contributed by atoms with Gasteiger partial charge in [-0.15, -0.1) is 0 Å². The summed E-state index contributed by atoms with van der Waals surface area (Å²) in [6, 6.07) is 17.9. The van der Waals surface area contributed by atoms with Gasteiger partial charge in [0.05, 0.1) is 18.1 Å². The minimum absolute atomic E-state index is 0.0587. The van der Waals surface area contributed by atoms with Gasteiger partial charge in [-0.05, 0) is 32.0 Å². The van der Waals surface area contributed by atoms with E-state index in [1.54, 1.807) is 50.2 Å². The van der Waals surface area contributed by atoms with Crippen molar-refractivity contribution < 1.29 is 23.8 Å². The number of nitrogens with zero attached hydrogens (tertiary/aromatic N) is 1. The molecule has 0 radical (unpaired) electrons. The molecule has 164 valence electrons. The van der Waals surface area contributed by atoms with Crippen LogP contribution in [-0.2, 0) is 19.1 Å². The normalized spacial score (nSPS) is 15.5. The van der Waals surface area contributed by atoms with E-state index >= 15 is 0 Å². The molecule has 1 amide bonds. The quantitative estimate of drug-likeness (QED) is 0.642. The second kappa shape index (κ2) is 10.2. The van der Waals surface area contributed by atoms with E-state index in [9.17, 15) is 14.9 Å². The third-order valence-corrected chi connectivity index (χ3v) is 4.75. The van der Waals surface area contributed by atoms with Crippen molar-refractivity contribution in [1.29, 1.82) is 5.26 Å². The van der Waals surface area contributed by atoms with Gasteiger partial charge < -0.3 is 25.3 Å². The van der Waals surface area contributed by atoms with Gasteiger partial charge in [0.15, 0.2) is 6.61 Å². The fourth-order valence-corrected chi connectivity index (χ4v) is 3.38. The number of carbonyl (C=O) groups is 2. The highest BCUT2D eigenvalue weighted by Gasteiger charge is 2.37. The van der Waals surface area contributed by atoms with Crippen LogP contribution in [0.1, 0.15) is 25.3 Å². The number of allylic oxidation sites excluding steroid dienone is 2. The minimum Gasteiger partial charge on any atom is -0.483 e. The molecule has 0 spiro atoms. The van der Waals surface area contributed by atoms with Crippen molar-refractivity contribution in [3.05, 3.63) is 82.9 Å². The molecular formula is C24H23N3O5. The lowest BCUT2D eigenvalue weighted by Crippen LogP contribution is -2.26. The molecule has 3 rings (SSSR count). The van der Waals surface area contributed by atoms with Gasteiger partial charge in [-0.2, -0.15) is 5.26 Å². The van der Waals surface area contributed by atoms with E-state index in [4.69, 9.17) is 19.9 Å². The van der Waals surface area contributed by atoms with Gasteiger partial charge in [-0.25, -0.2) is 4.79 Å². The van der Waals surface area contributed by atoms with E-state index in [-0.39, 0.29) is 41.9 Å². The van der Waals surface area contributed by atoms with Gasteiger partial charge >= 0.3 is 5.97 Å². The van der Waals surface area contributed by atoms with Crippen molar-refractivity contribution in [3.63, 3.8) is 0 Å². The lowest BCUT2D eigenvalue weighted by Gasteiger charge is -2.28. The highest BCUT2D eigenvalue weighted by Crippen LogP contribution is 2.42. The number of hydrogen-bond donors (Lipinski definition) is 2. The molecule has 32 heavy (non-hydrogen) atoms. The maximum atomic E-state index is 12.7. The third kappa shape index (κ3) is 4.90. The number of amides is 1. The Kier molecular flexibility index (Phi) is 7.13. The van der Waals surface area contributed by atoms with Gasteiger partial charge in [-0.3, -0.25) is 4.79 Å². The van der Waals surface area contributed by atoms with Crippen LogP contribution in [0.15, 0.2) is 77.4 Å². The van der Waals surface area contributed by atoms with Crippen LogP contribution in [-0.4, -0.2) is 25.1 Å². The lowest BCUT2D eigenvalue weighted by molar-refractivity contribution is -0.139. The van der Waals surface area contributed by atoms with E-state index in [0.717, 1.165) is 0 Å². The molecule has 0 saturated heterocycles. The highest BCUT2D eigenvalue weighted by molar-refractivity contribution is 5.93. The van der Waals surface area contributed by atoms with Crippen molar-refractivity contribution >= 4 is 17.6 Å². The van der Waals surface area contributed by atoms with E-state index in [1.165, 1.54) is 0 Å². The molecule has 1 atom stereocenters. The molecule has 0 bridgehead atoms. The summed E-state index contributed by atoms with van der Waals surface area (Å²) in [7, 11) is 0. The van der Waals surface area contributed by atoms with Crippen LogP contribution in [0.2, 0.25) is 0 Å². The SMILES string of the molecule is CCOC(=O)C1=C(C)OC(N)=C(C#N)C1c1ccccc1OCC(=O)Nc1ccccc1. The van der Waals surface area contributed by atoms with Crippen LogP contribution >= 0.6 is 0 Å². The molecule has 1 heterocycles. The molecule has 2 aromatic rings. The summed E-state index contributed by atoms with van der Waals surface area (Å²) >= 11 is 0. The van der Waals surface area contributed by atoms with Crippen molar-refractivity contribution in [2.75, 3.05) is 18.5 Å². The van der Waals surface area contributed by atoms with E-state index in [1.807, 2.05) is 24.3 Å². The summed E-state index contributed by atoms with van der Waals surface area (Å²) in [6.07, 6.45) is 0. The first kappa shape index (κ1) is 22.4. The van der Waals surface area contributed by atoms with Crippen molar-refractivity contribution in [2.24, 2.45) is 5.73 Å². The average molecular weight is 433 g/mol. The number of hydrogen-bond acceptors (Lipinski definition) is 7. The van der Waals surface area contributed by atoms with Crippen molar-refractivity contribution in [2.45, 2.75) is 19.8 Å². The first-order valence-electron chi connectivity index (χ1n) is 9.98. The van der Waals surface area contributed by atoms with Crippen LogP contribution in [0.3, 0.4) is 0 Å². The Hall–Kier alpha value is -4.25. The number of esters is 1. The molecule has 2 aromatic carbocycles. The Bertz CT molecular complexity index is 1120. The number of nitrogens with one attached hydrogen (secondary N) is 1. The van der Waals surface area contributed by atoms with Crippen LogP contribution < -0.4 is 15.8 Å². The number of nitriles is 1. The molecule has 0 aromatic heterocycles. The maximum absolute atomic E-state index is 12.7. The average Bonchev–Trinajstić information content (AvgIpc) is 2.78. The van der Waals surface area contributed by atoms with Crippen LogP contribution in [0.5, 0.6) is 5.75 Å². The van der Waals surface area contributed by atoms with Gasteiger partial charge in [0.25, 0.3) is 5.91 Å². The summed E-state index contributed by atoms with van der Waals surface area (Å²) in [5, 5.41) is 12.5. The summed E-state index contributed by atoms with van der Waals surface area (Å²) < 4.78 is 16.4. The number of carbonyl (C=O) groups excluding carboxylic acids is 2. The summed E-state index contributed by atoms with van der Waals surface area (Å²) in [6.45, 7) is 3.15. The molecular weight excluding hydrogens is 410 g/mol. The zero-order chi connectivity index (χ0) is 23.1. The molecule has 8 nitrogen and oxygen atoms in total. The zero-order valence-corrected chi connectivity index (χ0v) is 17.8. The lowest BCUT2D eigenvalue weighted by atomic mass is 9.82. The van der Waals surface area contributed by atoms with Crippen LogP contribution in [0, 0.1) is 11.3 Å². The smallest absolute Gasteiger partial charge is 0.338 e. The number of ether oxygens (including phenoxy) is 3. The van der Waals surface area contributed by atoms with Gasteiger partial charge in [0.1, 0.15) is 23.2 Å². The first-order valence-corrected chi connectivity index (χ1v) is 9.98. The largest absolute Gasteiger partial charge is 0.483 e.